The van der Waals surface area contributed by atoms with Gasteiger partial charge in [-0.3, -0.25) is 4.79 Å². The first-order valence-electron chi connectivity index (χ1n) is 8.91. The average Bonchev–Trinajstić information content (AvgIpc) is 3.07. The van der Waals surface area contributed by atoms with Crippen LogP contribution in [-0.2, 0) is 30.9 Å². The lowest BCUT2D eigenvalue weighted by Crippen LogP contribution is -2.21. The molecule has 0 aliphatic heterocycles. The van der Waals surface area contributed by atoms with Crippen molar-refractivity contribution in [1.82, 2.24) is 0 Å². The van der Waals surface area contributed by atoms with Crippen LogP contribution < -0.4 is 10.5 Å². The van der Waals surface area contributed by atoms with Crippen molar-refractivity contribution in [1.29, 1.82) is 0 Å². The molecule has 0 aliphatic carbocycles. The van der Waals surface area contributed by atoms with Crippen molar-refractivity contribution in [2.45, 2.75) is 18.4 Å². The van der Waals surface area contributed by atoms with Crippen LogP contribution in [0.25, 0.3) is 10.1 Å². The normalized spacial score (nSPS) is 11.5. The zero-order valence-corrected chi connectivity index (χ0v) is 18.2. The van der Waals surface area contributed by atoms with Gasteiger partial charge >= 0.3 is 5.97 Å². The van der Waals surface area contributed by atoms with Gasteiger partial charge in [-0.2, -0.15) is 0 Å². The van der Waals surface area contributed by atoms with Crippen LogP contribution in [0.1, 0.15) is 20.8 Å². The number of ether oxygens (including phenoxy) is 2. The Morgan fingerprint density at radius 1 is 1.23 bits per heavy atom. The van der Waals surface area contributed by atoms with E-state index in [4.69, 9.17) is 14.6 Å². The summed E-state index contributed by atoms with van der Waals surface area (Å²) in [4.78, 5) is 24.7. The van der Waals surface area contributed by atoms with Crippen LogP contribution in [-0.4, -0.2) is 34.0 Å². The molecule has 0 spiro atoms. The number of aryl methyl sites for hydroxylation is 1. The molecule has 3 rings (SSSR count). The maximum Gasteiger partial charge on any atom is 0.349 e. The lowest BCUT2D eigenvalue weighted by Gasteiger charge is -2.09. The molecule has 3 aromatic rings. The van der Waals surface area contributed by atoms with Gasteiger partial charge in [0, 0.05) is 28.4 Å². The van der Waals surface area contributed by atoms with Crippen molar-refractivity contribution >= 4 is 49.0 Å². The number of nitrogens with one attached hydrogen (secondary N) is 1. The van der Waals surface area contributed by atoms with Gasteiger partial charge in [-0.1, -0.05) is 12.1 Å². The highest BCUT2D eigenvalue weighted by molar-refractivity contribution is 7.89. The number of thiophene rings is 1. The second kappa shape index (κ2) is 9.10. The molecule has 1 aromatic heterocycles. The number of halogens is 1. The highest BCUT2D eigenvalue weighted by Gasteiger charge is 2.22. The molecular weight excluding hydrogens is 447 g/mol. The van der Waals surface area contributed by atoms with Crippen LogP contribution in [0, 0.1) is 12.7 Å². The molecule has 0 atom stereocenters. The fourth-order valence-electron chi connectivity index (χ4n) is 2.99. The first kappa shape index (κ1) is 22.8. The minimum absolute atomic E-state index is 0.00271. The molecule has 3 N–H and O–H groups in total. The number of sulfonamides is 1. The molecule has 31 heavy (non-hydrogen) atoms. The molecule has 1 heterocycles. The number of methoxy groups -OCH3 is 1. The summed E-state index contributed by atoms with van der Waals surface area (Å²) >= 11 is 1.04. The Bertz CT molecular complexity index is 1270. The van der Waals surface area contributed by atoms with Crippen LogP contribution in [0.4, 0.5) is 10.1 Å². The van der Waals surface area contributed by atoms with Crippen molar-refractivity contribution in [3.63, 3.8) is 0 Å². The summed E-state index contributed by atoms with van der Waals surface area (Å²) in [6.45, 7) is 0.941. The second-order valence-electron chi connectivity index (χ2n) is 6.61. The van der Waals surface area contributed by atoms with E-state index in [0.717, 1.165) is 11.3 Å². The number of rotatable bonds is 7. The van der Waals surface area contributed by atoms with Crippen molar-refractivity contribution in [3.8, 4) is 0 Å². The van der Waals surface area contributed by atoms with Gasteiger partial charge in [-0.15, -0.1) is 11.3 Å². The molecule has 0 saturated carbocycles. The Balaban J connectivity index is 1.74. The van der Waals surface area contributed by atoms with Crippen LogP contribution in [0.5, 0.6) is 0 Å². The number of carbonyl (C=O) groups excluding carboxylic acids is 2. The summed E-state index contributed by atoms with van der Waals surface area (Å²) in [5.41, 5.74) is 0.955. The summed E-state index contributed by atoms with van der Waals surface area (Å²) in [6.07, 6.45) is 0. The zero-order chi connectivity index (χ0) is 22.8. The van der Waals surface area contributed by atoms with Crippen LogP contribution in [0.2, 0.25) is 0 Å². The number of anilines is 1. The van der Waals surface area contributed by atoms with Crippen molar-refractivity contribution in [2.24, 2.45) is 5.14 Å². The van der Waals surface area contributed by atoms with Gasteiger partial charge in [0.2, 0.25) is 10.0 Å². The van der Waals surface area contributed by atoms with Gasteiger partial charge in [-0.25, -0.2) is 22.7 Å². The number of primary sulfonamides is 1. The number of benzene rings is 2. The number of nitrogens with two attached hydrogens (primary N) is 1. The zero-order valence-electron chi connectivity index (χ0n) is 16.6. The summed E-state index contributed by atoms with van der Waals surface area (Å²) in [6, 6.07) is 8.69. The van der Waals surface area contributed by atoms with E-state index >= 15 is 0 Å². The minimum Gasteiger partial charge on any atom is -0.451 e. The first-order valence-corrected chi connectivity index (χ1v) is 11.3. The Hall–Kier alpha value is -2.86. The third-order valence-corrected chi connectivity index (χ3v) is 6.58. The number of hydrogen-bond donors (Lipinski definition) is 2. The molecule has 0 fully saturated rings. The monoisotopic (exact) mass is 466 g/mol. The van der Waals surface area contributed by atoms with E-state index in [1.807, 2.05) is 0 Å². The number of carbonyl (C=O) groups is 2. The molecule has 0 saturated heterocycles. The van der Waals surface area contributed by atoms with Crippen LogP contribution >= 0.6 is 11.3 Å². The lowest BCUT2D eigenvalue weighted by molar-refractivity contribution is -0.119. The Kier molecular flexibility index (Phi) is 6.70. The van der Waals surface area contributed by atoms with E-state index < -0.39 is 34.3 Å². The van der Waals surface area contributed by atoms with Gasteiger partial charge in [-0.05, 0) is 36.8 Å². The first-order chi connectivity index (χ1) is 14.6. The van der Waals surface area contributed by atoms with E-state index in [1.54, 1.807) is 13.0 Å². The van der Waals surface area contributed by atoms with Gasteiger partial charge in [0.1, 0.15) is 10.7 Å². The summed E-state index contributed by atoms with van der Waals surface area (Å²) in [5, 5.41) is 7.88. The van der Waals surface area contributed by atoms with Crippen LogP contribution in [0.3, 0.4) is 0 Å². The van der Waals surface area contributed by atoms with E-state index in [-0.39, 0.29) is 27.5 Å². The lowest BCUT2D eigenvalue weighted by atomic mass is 10.1. The number of esters is 1. The SMILES string of the molecule is COCc1c(C(=O)OCC(=O)Nc2ccc(C)c(S(N)(=O)=O)c2)sc2cccc(F)c12. The van der Waals surface area contributed by atoms with Crippen molar-refractivity contribution < 1.29 is 31.9 Å². The molecule has 0 unspecified atom stereocenters. The van der Waals surface area contributed by atoms with Gasteiger partial charge in [0.05, 0.1) is 11.5 Å². The van der Waals surface area contributed by atoms with E-state index in [9.17, 15) is 22.4 Å². The predicted molar refractivity (Wildman–Crippen MR) is 114 cm³/mol. The number of amides is 1. The van der Waals surface area contributed by atoms with Gasteiger partial charge in [0.15, 0.2) is 6.61 Å². The molecule has 0 aliphatic rings. The Morgan fingerprint density at radius 2 is 1.97 bits per heavy atom. The summed E-state index contributed by atoms with van der Waals surface area (Å²) in [7, 11) is -2.54. The standard InChI is InChI=1S/C20H19FN2O6S2/c1-11-6-7-12(8-16(11)31(22,26)27)23-17(24)10-29-20(25)19-13(9-28-2)18-14(21)4-3-5-15(18)30-19/h3-8H,9-10H2,1-2H3,(H,23,24)(H2,22,26,27). The topological polar surface area (TPSA) is 125 Å². The quantitative estimate of drug-likeness (QED) is 0.516. The van der Waals surface area contributed by atoms with E-state index in [2.05, 4.69) is 5.32 Å². The smallest absolute Gasteiger partial charge is 0.349 e. The average molecular weight is 467 g/mol. The van der Waals surface area contributed by atoms with E-state index in [1.165, 1.54) is 37.4 Å². The maximum atomic E-state index is 14.2. The molecule has 0 bridgehead atoms. The van der Waals surface area contributed by atoms with Crippen LogP contribution in [0.15, 0.2) is 41.3 Å². The highest BCUT2D eigenvalue weighted by atomic mass is 32.2. The minimum atomic E-state index is -3.96. The van der Waals surface area contributed by atoms with Gasteiger partial charge in [0.25, 0.3) is 5.91 Å². The third-order valence-electron chi connectivity index (χ3n) is 4.35. The third kappa shape index (κ3) is 5.07. The van der Waals surface area contributed by atoms with Crippen molar-refractivity contribution in [3.05, 3.63) is 58.2 Å². The summed E-state index contributed by atoms with van der Waals surface area (Å²) < 4.78 is 48.2. The molecule has 1 amide bonds. The van der Waals surface area contributed by atoms with Gasteiger partial charge < -0.3 is 14.8 Å². The Labute approximate surface area is 181 Å². The fraction of sp³-hybridized carbons (Fsp3) is 0.200. The summed E-state index contributed by atoms with van der Waals surface area (Å²) in [5.74, 6) is -1.96. The second-order valence-corrected chi connectivity index (χ2v) is 9.19. The largest absolute Gasteiger partial charge is 0.451 e. The van der Waals surface area contributed by atoms with Crippen molar-refractivity contribution in [2.75, 3.05) is 19.0 Å². The maximum absolute atomic E-state index is 14.2. The predicted octanol–water partition coefficient (Wildman–Crippen LogP) is 2.94. The number of hydrogen-bond acceptors (Lipinski definition) is 7. The molecule has 11 heteroatoms. The molecule has 0 radical (unpaired) electrons. The molecule has 164 valence electrons. The molecule has 8 nitrogen and oxygen atoms in total. The molecule has 2 aromatic carbocycles. The molecular formula is C20H19FN2O6S2. The number of fused-ring (bicyclic) bond motifs is 1. The van der Waals surface area contributed by atoms with E-state index in [0.29, 0.717) is 15.8 Å². The Morgan fingerprint density at radius 3 is 2.65 bits per heavy atom. The fourth-order valence-corrected chi connectivity index (χ4v) is 4.92. The highest BCUT2D eigenvalue weighted by Crippen LogP contribution is 2.34.